The van der Waals surface area contributed by atoms with E-state index in [0.29, 0.717) is 0 Å². The third-order valence-corrected chi connectivity index (χ3v) is 5.91. The van der Waals surface area contributed by atoms with Gasteiger partial charge in [0.05, 0.1) is 6.10 Å². The maximum absolute atomic E-state index is 10.4. The molecule has 1 aromatic carbocycles. The first-order chi connectivity index (χ1) is 10.0. The van der Waals surface area contributed by atoms with Crippen molar-refractivity contribution in [2.75, 3.05) is 0 Å². The minimum Gasteiger partial charge on any atom is -0.489 e. The Morgan fingerprint density at radius 2 is 1.62 bits per heavy atom. The van der Waals surface area contributed by atoms with Gasteiger partial charge in [-0.25, -0.2) is 0 Å². The second-order valence-electron chi connectivity index (χ2n) is 7.16. The van der Waals surface area contributed by atoms with Crippen LogP contribution in [0, 0.1) is 26.2 Å². The predicted octanol–water partition coefficient (Wildman–Crippen LogP) is 4.46. The molecule has 1 spiro atoms. The Balaban J connectivity index is 1.83. The van der Waals surface area contributed by atoms with Crippen molar-refractivity contribution < 1.29 is 9.84 Å². The summed E-state index contributed by atoms with van der Waals surface area (Å²) in [5.41, 5.74) is 3.77. The molecule has 2 aliphatic carbocycles. The summed E-state index contributed by atoms with van der Waals surface area (Å²) in [5, 5.41) is 10.4. The number of aliphatic hydroxyl groups is 1. The molecular formula is C19H28O2. The molecule has 2 nitrogen and oxygen atoms in total. The van der Waals surface area contributed by atoms with Gasteiger partial charge in [0.25, 0.3) is 0 Å². The first kappa shape index (κ1) is 14.9. The Morgan fingerprint density at radius 1 is 1.00 bits per heavy atom. The van der Waals surface area contributed by atoms with Gasteiger partial charge in [-0.15, -0.1) is 0 Å². The first-order valence-electron chi connectivity index (χ1n) is 8.46. The smallest absolute Gasteiger partial charge is 0.125 e. The third kappa shape index (κ3) is 2.48. The van der Waals surface area contributed by atoms with E-state index in [4.69, 9.17) is 4.74 Å². The predicted molar refractivity (Wildman–Crippen MR) is 85.8 cm³/mol. The Labute approximate surface area is 128 Å². The maximum atomic E-state index is 10.4. The highest BCUT2D eigenvalue weighted by atomic mass is 16.5. The molecule has 2 unspecified atom stereocenters. The lowest BCUT2D eigenvalue weighted by Crippen LogP contribution is -2.59. The number of aliphatic hydroxyl groups excluding tert-OH is 1. The normalized spacial score (nSPS) is 28.0. The molecule has 0 amide bonds. The van der Waals surface area contributed by atoms with Gasteiger partial charge in [-0.2, -0.15) is 0 Å². The Bertz CT molecular complexity index is 513. The highest BCUT2D eigenvalue weighted by molar-refractivity contribution is 5.45. The van der Waals surface area contributed by atoms with Crippen LogP contribution in [0.5, 0.6) is 5.75 Å². The molecule has 2 heteroatoms. The number of hydrogen-bond acceptors (Lipinski definition) is 2. The molecule has 21 heavy (non-hydrogen) atoms. The summed E-state index contributed by atoms with van der Waals surface area (Å²) in [6, 6.07) is 4.31. The van der Waals surface area contributed by atoms with Crippen LogP contribution in [0.1, 0.15) is 61.6 Å². The molecule has 1 N–H and O–H groups in total. The molecule has 0 radical (unpaired) electrons. The average Bonchev–Trinajstić information content (AvgIpc) is 2.74. The molecular weight excluding hydrogens is 260 g/mol. The van der Waals surface area contributed by atoms with Crippen LogP contribution in [0.4, 0.5) is 0 Å². The zero-order chi connectivity index (χ0) is 15.0. The van der Waals surface area contributed by atoms with Gasteiger partial charge < -0.3 is 9.84 Å². The van der Waals surface area contributed by atoms with E-state index in [1.54, 1.807) is 0 Å². The molecule has 2 fully saturated rings. The highest BCUT2D eigenvalue weighted by Gasteiger charge is 2.55. The average molecular weight is 288 g/mol. The van der Waals surface area contributed by atoms with E-state index in [1.807, 2.05) is 0 Å². The molecule has 0 aliphatic heterocycles. The largest absolute Gasteiger partial charge is 0.489 e. The number of ether oxygens (including phenoxy) is 1. The van der Waals surface area contributed by atoms with E-state index < -0.39 is 0 Å². The fourth-order valence-corrected chi connectivity index (χ4v) is 4.18. The minimum absolute atomic E-state index is 0.0269. The van der Waals surface area contributed by atoms with Crippen LogP contribution in [0.3, 0.4) is 0 Å². The van der Waals surface area contributed by atoms with Crippen LogP contribution in [0.25, 0.3) is 0 Å². The summed E-state index contributed by atoms with van der Waals surface area (Å²) in [4.78, 5) is 0. The second kappa shape index (κ2) is 5.64. The molecule has 0 aromatic heterocycles. The lowest BCUT2D eigenvalue weighted by Gasteiger charge is -2.53. The van der Waals surface area contributed by atoms with Crippen molar-refractivity contribution in [1.82, 2.24) is 0 Å². The number of benzene rings is 1. The van der Waals surface area contributed by atoms with Gasteiger partial charge in [-0.1, -0.05) is 37.8 Å². The van der Waals surface area contributed by atoms with E-state index in [9.17, 15) is 5.11 Å². The van der Waals surface area contributed by atoms with Crippen molar-refractivity contribution in [2.24, 2.45) is 5.41 Å². The van der Waals surface area contributed by atoms with Gasteiger partial charge >= 0.3 is 0 Å². The molecule has 0 heterocycles. The van der Waals surface area contributed by atoms with Gasteiger partial charge in [0.1, 0.15) is 11.9 Å². The van der Waals surface area contributed by atoms with Crippen molar-refractivity contribution in [2.45, 2.75) is 77.9 Å². The van der Waals surface area contributed by atoms with E-state index in [2.05, 4.69) is 32.9 Å². The summed E-state index contributed by atoms with van der Waals surface area (Å²) in [5.74, 6) is 1.05. The minimum atomic E-state index is -0.161. The lowest BCUT2D eigenvalue weighted by atomic mass is 9.59. The summed E-state index contributed by atoms with van der Waals surface area (Å²) in [6.45, 7) is 6.40. The van der Waals surface area contributed by atoms with Gasteiger partial charge in [-0.05, 0) is 50.3 Å². The zero-order valence-electron chi connectivity index (χ0n) is 13.6. The molecule has 2 aliphatic rings. The molecule has 0 bridgehead atoms. The van der Waals surface area contributed by atoms with Crippen LogP contribution in [0.15, 0.2) is 12.1 Å². The first-order valence-corrected chi connectivity index (χ1v) is 8.46. The quantitative estimate of drug-likeness (QED) is 0.870. The van der Waals surface area contributed by atoms with Crippen molar-refractivity contribution in [3.63, 3.8) is 0 Å². The monoisotopic (exact) mass is 288 g/mol. The number of aryl methyl sites for hydroxylation is 2. The Morgan fingerprint density at radius 3 is 2.24 bits per heavy atom. The summed E-state index contributed by atoms with van der Waals surface area (Å²) in [6.07, 6.45) is 8.19. The fraction of sp³-hybridized carbons (Fsp3) is 0.684. The van der Waals surface area contributed by atoms with Crippen molar-refractivity contribution in [3.8, 4) is 5.75 Å². The molecule has 116 valence electrons. The summed E-state index contributed by atoms with van der Waals surface area (Å²) in [7, 11) is 0. The summed E-state index contributed by atoms with van der Waals surface area (Å²) < 4.78 is 6.45. The van der Waals surface area contributed by atoms with Gasteiger partial charge in [-0.3, -0.25) is 0 Å². The van der Waals surface area contributed by atoms with E-state index in [1.165, 1.54) is 42.4 Å². The van der Waals surface area contributed by atoms with Crippen LogP contribution in [-0.4, -0.2) is 17.3 Å². The maximum Gasteiger partial charge on any atom is 0.125 e. The van der Waals surface area contributed by atoms with E-state index in [0.717, 1.165) is 25.0 Å². The van der Waals surface area contributed by atoms with E-state index >= 15 is 0 Å². The molecule has 3 rings (SSSR count). The van der Waals surface area contributed by atoms with Crippen LogP contribution in [0.2, 0.25) is 0 Å². The standard InChI is InChI=1S/C19H28O2/c1-13-8-9-14(2)18(15(13)3)21-17-12-16(20)19(17)10-6-4-5-7-11-19/h8-9,16-17,20H,4-7,10-12H2,1-3H3. The van der Waals surface area contributed by atoms with Gasteiger partial charge in [0.2, 0.25) is 0 Å². The highest BCUT2D eigenvalue weighted by Crippen LogP contribution is 2.52. The van der Waals surface area contributed by atoms with Crippen molar-refractivity contribution >= 4 is 0 Å². The molecule has 2 atom stereocenters. The van der Waals surface area contributed by atoms with Crippen molar-refractivity contribution in [1.29, 1.82) is 0 Å². The van der Waals surface area contributed by atoms with Gasteiger partial charge in [0, 0.05) is 11.8 Å². The summed E-state index contributed by atoms with van der Waals surface area (Å²) >= 11 is 0. The van der Waals surface area contributed by atoms with Crippen LogP contribution in [-0.2, 0) is 0 Å². The topological polar surface area (TPSA) is 29.5 Å². The SMILES string of the molecule is Cc1ccc(C)c(OC2CC(O)C23CCCCCC3)c1C. The lowest BCUT2D eigenvalue weighted by molar-refractivity contribution is -0.163. The van der Waals surface area contributed by atoms with Crippen molar-refractivity contribution in [3.05, 3.63) is 28.8 Å². The third-order valence-electron chi connectivity index (χ3n) is 5.91. The van der Waals surface area contributed by atoms with E-state index in [-0.39, 0.29) is 17.6 Å². The fourth-order valence-electron chi connectivity index (χ4n) is 4.18. The zero-order valence-corrected chi connectivity index (χ0v) is 13.6. The molecule has 0 saturated heterocycles. The van der Waals surface area contributed by atoms with Gasteiger partial charge in [0.15, 0.2) is 0 Å². The van der Waals surface area contributed by atoms with Crippen LogP contribution >= 0.6 is 0 Å². The second-order valence-corrected chi connectivity index (χ2v) is 7.16. The Hall–Kier alpha value is -1.02. The Kier molecular flexibility index (Phi) is 4.00. The van der Waals surface area contributed by atoms with Crippen LogP contribution < -0.4 is 4.74 Å². The molecule has 1 aromatic rings. The molecule has 2 saturated carbocycles. The number of hydrogen-bond donors (Lipinski definition) is 1. The number of rotatable bonds is 2.